The molecule has 1 aliphatic rings. The smallest absolute Gasteiger partial charge is 0.333 e. The lowest BCUT2D eigenvalue weighted by Crippen LogP contribution is -2.03. The van der Waals surface area contributed by atoms with E-state index in [0.29, 0.717) is 18.4 Å². The minimum Gasteiger partial charge on any atom is -0.497 e. The van der Waals surface area contributed by atoms with Gasteiger partial charge in [-0.25, -0.2) is 4.79 Å². The van der Waals surface area contributed by atoms with E-state index in [1.807, 2.05) is 0 Å². The minimum atomic E-state index is -0.349. The third-order valence-corrected chi connectivity index (χ3v) is 2.55. The molecule has 0 aromatic carbocycles. The minimum absolute atomic E-state index is 0.341. The van der Waals surface area contributed by atoms with Crippen molar-refractivity contribution in [1.82, 2.24) is 0 Å². The fourth-order valence-electron chi connectivity index (χ4n) is 1.52. The molecule has 0 aromatic heterocycles. The molecule has 1 rings (SSSR count). The molecule has 3 nitrogen and oxygen atoms in total. The van der Waals surface area contributed by atoms with E-state index in [9.17, 15) is 4.79 Å². The molecule has 0 radical (unpaired) electrons. The molecule has 80 valence electrons. The largest absolute Gasteiger partial charge is 0.497 e. The SMILES string of the molecule is COC(=O)/C=C1/OCCC1CCCCl. The Bertz CT molecular complexity index is 225. The predicted molar refractivity (Wildman–Crippen MR) is 54.1 cm³/mol. The number of allylic oxidation sites excluding steroid dienone is 1. The van der Waals surface area contributed by atoms with Gasteiger partial charge in [-0.2, -0.15) is 0 Å². The Labute approximate surface area is 89.0 Å². The van der Waals surface area contributed by atoms with E-state index in [-0.39, 0.29) is 5.97 Å². The van der Waals surface area contributed by atoms with E-state index < -0.39 is 0 Å². The summed E-state index contributed by atoms with van der Waals surface area (Å²) in [6, 6.07) is 0. The molecule has 0 aromatic rings. The van der Waals surface area contributed by atoms with Gasteiger partial charge in [0.15, 0.2) is 0 Å². The summed E-state index contributed by atoms with van der Waals surface area (Å²) >= 11 is 5.61. The maximum atomic E-state index is 11.0. The summed E-state index contributed by atoms with van der Waals surface area (Å²) in [6.45, 7) is 0.690. The van der Waals surface area contributed by atoms with Gasteiger partial charge in [-0.05, 0) is 19.3 Å². The normalized spacial score (nSPS) is 23.6. The van der Waals surface area contributed by atoms with Crippen LogP contribution in [-0.4, -0.2) is 25.6 Å². The molecule has 0 saturated carbocycles. The number of esters is 1. The summed E-state index contributed by atoms with van der Waals surface area (Å²) in [6.07, 6.45) is 4.34. The molecule has 4 heteroatoms. The Morgan fingerprint density at radius 3 is 3.21 bits per heavy atom. The number of hydrogen-bond donors (Lipinski definition) is 0. The molecular weight excluding hydrogens is 204 g/mol. The van der Waals surface area contributed by atoms with Crippen LogP contribution in [0.1, 0.15) is 19.3 Å². The molecular formula is C10H15ClO3. The monoisotopic (exact) mass is 218 g/mol. The third-order valence-electron chi connectivity index (χ3n) is 2.28. The quantitative estimate of drug-likeness (QED) is 0.412. The number of methoxy groups -OCH3 is 1. The van der Waals surface area contributed by atoms with Crippen LogP contribution in [0.15, 0.2) is 11.8 Å². The van der Waals surface area contributed by atoms with Crippen LogP contribution >= 0.6 is 11.6 Å². The summed E-state index contributed by atoms with van der Waals surface area (Å²) in [5.41, 5.74) is 0. The Morgan fingerprint density at radius 2 is 2.57 bits per heavy atom. The van der Waals surface area contributed by atoms with Crippen LogP contribution in [0.4, 0.5) is 0 Å². The Kier molecular flexibility index (Phi) is 4.80. The van der Waals surface area contributed by atoms with Gasteiger partial charge in [0.25, 0.3) is 0 Å². The lowest BCUT2D eigenvalue weighted by atomic mass is 10.00. The summed E-state index contributed by atoms with van der Waals surface area (Å²) in [7, 11) is 1.36. The fraction of sp³-hybridized carbons (Fsp3) is 0.700. The molecule has 14 heavy (non-hydrogen) atoms. The zero-order valence-electron chi connectivity index (χ0n) is 8.29. The van der Waals surface area contributed by atoms with Crippen molar-refractivity contribution < 1.29 is 14.3 Å². The van der Waals surface area contributed by atoms with E-state index in [1.165, 1.54) is 13.2 Å². The van der Waals surface area contributed by atoms with E-state index in [2.05, 4.69) is 4.74 Å². The second kappa shape index (κ2) is 5.91. The van der Waals surface area contributed by atoms with Crippen molar-refractivity contribution in [1.29, 1.82) is 0 Å². The van der Waals surface area contributed by atoms with E-state index >= 15 is 0 Å². The van der Waals surface area contributed by atoms with Crippen LogP contribution in [0.5, 0.6) is 0 Å². The van der Waals surface area contributed by atoms with Gasteiger partial charge in [0.1, 0.15) is 5.76 Å². The second-order valence-electron chi connectivity index (χ2n) is 3.24. The first kappa shape index (κ1) is 11.4. The van der Waals surface area contributed by atoms with Crippen LogP contribution in [-0.2, 0) is 14.3 Å². The van der Waals surface area contributed by atoms with Gasteiger partial charge in [-0.15, -0.1) is 11.6 Å². The highest BCUT2D eigenvalue weighted by molar-refractivity contribution is 6.17. The molecule has 1 heterocycles. The molecule has 1 fully saturated rings. The van der Waals surface area contributed by atoms with Crippen molar-refractivity contribution >= 4 is 17.6 Å². The third kappa shape index (κ3) is 3.22. The molecule has 1 saturated heterocycles. The highest BCUT2D eigenvalue weighted by Gasteiger charge is 2.23. The summed E-state index contributed by atoms with van der Waals surface area (Å²) < 4.78 is 9.90. The average Bonchev–Trinajstić information content (AvgIpc) is 2.62. The number of halogens is 1. The van der Waals surface area contributed by atoms with Gasteiger partial charge < -0.3 is 9.47 Å². The molecule has 0 N–H and O–H groups in total. The molecule has 1 unspecified atom stereocenters. The first-order valence-corrected chi connectivity index (χ1v) is 5.29. The van der Waals surface area contributed by atoms with E-state index in [1.54, 1.807) is 0 Å². The van der Waals surface area contributed by atoms with Crippen LogP contribution in [0.2, 0.25) is 0 Å². The molecule has 1 aliphatic heterocycles. The van der Waals surface area contributed by atoms with Crippen molar-refractivity contribution in [2.24, 2.45) is 5.92 Å². The maximum absolute atomic E-state index is 11.0. The summed E-state index contributed by atoms with van der Waals surface area (Å²) in [5, 5.41) is 0. The number of hydrogen-bond acceptors (Lipinski definition) is 3. The lowest BCUT2D eigenvalue weighted by molar-refractivity contribution is -0.135. The molecule has 1 atom stereocenters. The Balaban J connectivity index is 2.50. The number of alkyl halides is 1. The van der Waals surface area contributed by atoms with Gasteiger partial charge in [-0.3, -0.25) is 0 Å². The predicted octanol–water partition coefficient (Wildman–Crippen LogP) is 2.10. The number of carbonyl (C=O) groups excluding carboxylic acids is 1. The topological polar surface area (TPSA) is 35.5 Å². The maximum Gasteiger partial charge on any atom is 0.333 e. The molecule has 0 amide bonds. The van der Waals surface area contributed by atoms with Crippen molar-refractivity contribution in [3.05, 3.63) is 11.8 Å². The average molecular weight is 219 g/mol. The van der Waals surface area contributed by atoms with Crippen LogP contribution in [0.3, 0.4) is 0 Å². The molecule has 0 spiro atoms. The van der Waals surface area contributed by atoms with Crippen molar-refractivity contribution in [2.75, 3.05) is 19.6 Å². The highest BCUT2D eigenvalue weighted by Crippen LogP contribution is 2.28. The van der Waals surface area contributed by atoms with Crippen molar-refractivity contribution in [3.63, 3.8) is 0 Å². The lowest BCUT2D eigenvalue weighted by Gasteiger charge is -2.07. The van der Waals surface area contributed by atoms with Gasteiger partial charge in [0.2, 0.25) is 0 Å². The van der Waals surface area contributed by atoms with Gasteiger partial charge in [0.05, 0.1) is 19.8 Å². The first-order valence-electron chi connectivity index (χ1n) is 4.76. The molecule has 0 bridgehead atoms. The number of rotatable bonds is 4. The first-order chi connectivity index (χ1) is 6.77. The van der Waals surface area contributed by atoms with E-state index in [0.717, 1.165) is 25.0 Å². The summed E-state index contributed by atoms with van der Waals surface area (Å²) in [4.78, 5) is 11.0. The second-order valence-corrected chi connectivity index (χ2v) is 3.61. The van der Waals surface area contributed by atoms with Gasteiger partial charge in [0, 0.05) is 11.8 Å². The highest BCUT2D eigenvalue weighted by atomic mass is 35.5. The van der Waals surface area contributed by atoms with Gasteiger partial charge in [-0.1, -0.05) is 0 Å². The van der Waals surface area contributed by atoms with E-state index in [4.69, 9.17) is 16.3 Å². The van der Waals surface area contributed by atoms with Crippen LogP contribution in [0.25, 0.3) is 0 Å². The standard InChI is InChI=1S/C10H15ClO3/c1-13-10(12)7-9-8(3-2-5-11)4-6-14-9/h7-8H,2-6H2,1H3/b9-7+. The van der Waals surface area contributed by atoms with Crippen LogP contribution in [0, 0.1) is 5.92 Å². The number of carbonyl (C=O) groups is 1. The zero-order chi connectivity index (χ0) is 10.4. The van der Waals surface area contributed by atoms with Crippen LogP contribution < -0.4 is 0 Å². The van der Waals surface area contributed by atoms with Gasteiger partial charge >= 0.3 is 5.97 Å². The number of ether oxygens (including phenoxy) is 2. The Hall–Kier alpha value is -0.700. The fourth-order valence-corrected chi connectivity index (χ4v) is 1.68. The van der Waals surface area contributed by atoms with Crippen molar-refractivity contribution in [2.45, 2.75) is 19.3 Å². The summed E-state index contributed by atoms with van der Waals surface area (Å²) in [5.74, 6) is 1.40. The Morgan fingerprint density at radius 1 is 1.79 bits per heavy atom. The zero-order valence-corrected chi connectivity index (χ0v) is 9.05. The van der Waals surface area contributed by atoms with Crippen molar-refractivity contribution in [3.8, 4) is 0 Å². The molecule has 0 aliphatic carbocycles.